The van der Waals surface area contributed by atoms with Crippen molar-refractivity contribution in [1.82, 2.24) is 10.0 Å². The zero-order chi connectivity index (χ0) is 18.4. The number of ether oxygens (including phenoxy) is 1. The van der Waals surface area contributed by atoms with Crippen molar-refractivity contribution in [3.8, 4) is 0 Å². The molecule has 25 heavy (non-hydrogen) atoms. The molecule has 1 aliphatic carbocycles. The Bertz CT molecular complexity index is 691. The number of hydrogen-bond acceptors (Lipinski definition) is 3. The van der Waals surface area contributed by atoms with Crippen LogP contribution >= 0.6 is 11.6 Å². The first-order valence-corrected chi connectivity index (χ1v) is 8.76. The molecule has 1 saturated heterocycles. The number of fused-ring (bicyclic) bond motifs is 1. The minimum atomic E-state index is -0.803. The van der Waals surface area contributed by atoms with Crippen molar-refractivity contribution in [3.05, 3.63) is 34.9 Å². The highest BCUT2D eigenvalue weighted by Crippen LogP contribution is 2.48. The Morgan fingerprint density at radius 3 is 2.72 bits per heavy atom. The SMILES string of the molecule is CC(C)(C)OC(=O)N1[C@@H]2C[C@@H]2C[C@H]1C(=O)N(F)Cc1cccc(Cl)c1. The Balaban J connectivity index is 1.69. The molecule has 0 aromatic heterocycles. The third-order valence-electron chi connectivity index (χ3n) is 4.44. The first-order chi connectivity index (χ1) is 11.7. The Kier molecular flexibility index (Phi) is 4.66. The predicted molar refractivity (Wildman–Crippen MR) is 91.5 cm³/mol. The van der Waals surface area contributed by atoms with Gasteiger partial charge >= 0.3 is 6.09 Å². The van der Waals surface area contributed by atoms with Crippen LogP contribution in [0.3, 0.4) is 0 Å². The molecular formula is C18H22ClFN2O3. The lowest BCUT2D eigenvalue weighted by Gasteiger charge is -2.30. The molecular weight excluding hydrogens is 347 g/mol. The lowest BCUT2D eigenvalue weighted by atomic mass is 10.1. The number of halogens is 2. The monoisotopic (exact) mass is 368 g/mol. The van der Waals surface area contributed by atoms with Gasteiger partial charge in [-0.3, -0.25) is 9.69 Å². The van der Waals surface area contributed by atoms with E-state index in [9.17, 15) is 14.1 Å². The maximum Gasteiger partial charge on any atom is 0.411 e. The van der Waals surface area contributed by atoms with Crippen LogP contribution in [-0.2, 0) is 16.1 Å². The Morgan fingerprint density at radius 1 is 1.36 bits per heavy atom. The number of benzene rings is 1. The van der Waals surface area contributed by atoms with Crippen LogP contribution < -0.4 is 0 Å². The molecule has 136 valence electrons. The summed E-state index contributed by atoms with van der Waals surface area (Å²) in [6.45, 7) is 5.10. The van der Waals surface area contributed by atoms with E-state index in [-0.39, 0.29) is 23.6 Å². The van der Waals surface area contributed by atoms with Gasteiger partial charge in [-0.2, -0.15) is 5.12 Å². The van der Waals surface area contributed by atoms with Crippen LogP contribution in [0.1, 0.15) is 39.2 Å². The van der Waals surface area contributed by atoms with Gasteiger partial charge in [-0.15, -0.1) is 0 Å². The van der Waals surface area contributed by atoms with Crippen LogP contribution in [-0.4, -0.2) is 39.7 Å². The van der Waals surface area contributed by atoms with E-state index in [2.05, 4.69) is 0 Å². The number of piperidine rings is 1. The topological polar surface area (TPSA) is 49.9 Å². The number of carbonyl (C=O) groups is 2. The van der Waals surface area contributed by atoms with Gasteiger partial charge in [-0.25, -0.2) is 4.79 Å². The third kappa shape index (κ3) is 4.06. The molecule has 0 bridgehead atoms. The number of carbonyl (C=O) groups excluding carboxylic acids is 2. The molecule has 0 radical (unpaired) electrons. The summed E-state index contributed by atoms with van der Waals surface area (Å²) in [5.74, 6) is -0.445. The van der Waals surface area contributed by atoms with E-state index in [1.807, 2.05) is 0 Å². The molecule has 1 saturated carbocycles. The maximum atomic E-state index is 14.4. The second-order valence-electron chi connectivity index (χ2n) is 7.69. The molecule has 7 heteroatoms. The quantitative estimate of drug-likeness (QED) is 0.759. The standard InChI is InChI=1S/C18H22ClFN2O3/c1-18(2,3)25-17(24)22-14-8-12(14)9-15(22)16(23)21(20)10-11-5-4-6-13(19)7-11/h4-7,12,14-15H,8-10H2,1-3H3/t12-,14-,15+/m1/s1. The van der Waals surface area contributed by atoms with Gasteiger partial charge < -0.3 is 4.74 Å². The summed E-state index contributed by atoms with van der Waals surface area (Å²) in [6, 6.07) is 5.88. The fourth-order valence-corrected chi connectivity index (χ4v) is 3.50. The molecule has 5 nitrogen and oxygen atoms in total. The van der Waals surface area contributed by atoms with Gasteiger partial charge in [0.1, 0.15) is 11.6 Å². The summed E-state index contributed by atoms with van der Waals surface area (Å²) < 4.78 is 19.8. The average Bonchev–Trinajstić information content (AvgIpc) is 3.14. The average molecular weight is 369 g/mol. The van der Waals surface area contributed by atoms with Crippen molar-refractivity contribution in [2.24, 2.45) is 5.92 Å². The first-order valence-electron chi connectivity index (χ1n) is 8.38. The molecule has 0 spiro atoms. The summed E-state index contributed by atoms with van der Waals surface area (Å²) >= 11 is 5.89. The Hall–Kier alpha value is -1.82. The highest BCUT2D eigenvalue weighted by Gasteiger charge is 2.57. The normalized spacial score (nSPS) is 24.7. The summed E-state index contributed by atoms with van der Waals surface area (Å²) in [4.78, 5) is 26.4. The summed E-state index contributed by atoms with van der Waals surface area (Å²) in [7, 11) is 0. The Labute approximate surface area is 151 Å². The van der Waals surface area contributed by atoms with Crippen molar-refractivity contribution < 1.29 is 18.8 Å². The van der Waals surface area contributed by atoms with E-state index in [1.165, 1.54) is 4.90 Å². The number of nitrogens with zero attached hydrogens (tertiary/aromatic N) is 2. The minimum Gasteiger partial charge on any atom is -0.444 e. The van der Waals surface area contributed by atoms with Gasteiger partial charge in [-0.05, 0) is 57.2 Å². The molecule has 1 aliphatic heterocycles. The van der Waals surface area contributed by atoms with Crippen LogP contribution in [0.2, 0.25) is 5.02 Å². The molecule has 2 amide bonds. The van der Waals surface area contributed by atoms with Crippen LogP contribution in [0.4, 0.5) is 9.28 Å². The van der Waals surface area contributed by atoms with Crippen molar-refractivity contribution in [2.75, 3.05) is 0 Å². The summed E-state index contributed by atoms with van der Waals surface area (Å²) in [5, 5.41) is 0.647. The van der Waals surface area contributed by atoms with Gasteiger partial charge in [0.05, 0.1) is 6.54 Å². The van der Waals surface area contributed by atoms with Gasteiger partial charge in [0.15, 0.2) is 0 Å². The first kappa shape index (κ1) is 18.0. The van der Waals surface area contributed by atoms with Gasteiger partial charge in [0.25, 0.3) is 5.91 Å². The highest BCUT2D eigenvalue weighted by atomic mass is 35.5. The highest BCUT2D eigenvalue weighted by molar-refractivity contribution is 6.30. The van der Waals surface area contributed by atoms with Gasteiger partial charge in [0.2, 0.25) is 0 Å². The second-order valence-corrected chi connectivity index (χ2v) is 8.13. The fraction of sp³-hybridized carbons (Fsp3) is 0.556. The lowest BCUT2D eigenvalue weighted by molar-refractivity contribution is -0.153. The van der Waals surface area contributed by atoms with Gasteiger partial charge in [-0.1, -0.05) is 28.2 Å². The minimum absolute atomic E-state index is 0.0108. The van der Waals surface area contributed by atoms with Crippen LogP contribution in [0.25, 0.3) is 0 Å². The molecule has 0 N–H and O–H groups in total. The smallest absolute Gasteiger partial charge is 0.411 e. The van der Waals surface area contributed by atoms with Crippen molar-refractivity contribution in [1.29, 1.82) is 0 Å². The van der Waals surface area contributed by atoms with E-state index in [0.717, 1.165) is 6.42 Å². The third-order valence-corrected chi connectivity index (χ3v) is 4.68. The molecule has 1 heterocycles. The van der Waals surface area contributed by atoms with Crippen LogP contribution in [0.5, 0.6) is 0 Å². The fourth-order valence-electron chi connectivity index (χ4n) is 3.29. The predicted octanol–water partition coefficient (Wildman–Crippen LogP) is 3.95. The number of hydrogen-bond donors (Lipinski definition) is 0. The number of likely N-dealkylation sites (tertiary alicyclic amines) is 1. The molecule has 3 rings (SSSR count). The van der Waals surface area contributed by atoms with Gasteiger partial charge in [0, 0.05) is 11.1 Å². The molecule has 0 unspecified atom stereocenters. The zero-order valence-electron chi connectivity index (χ0n) is 14.5. The van der Waals surface area contributed by atoms with E-state index >= 15 is 0 Å². The molecule has 3 atom stereocenters. The van der Waals surface area contributed by atoms with Crippen molar-refractivity contribution >= 4 is 23.6 Å². The second kappa shape index (κ2) is 6.48. The van der Waals surface area contributed by atoms with Crippen molar-refractivity contribution in [2.45, 2.75) is 57.8 Å². The molecule has 2 fully saturated rings. The maximum absolute atomic E-state index is 14.4. The van der Waals surface area contributed by atoms with Crippen molar-refractivity contribution in [3.63, 3.8) is 0 Å². The van der Waals surface area contributed by atoms with E-state index < -0.39 is 23.6 Å². The number of rotatable bonds is 3. The number of amides is 2. The van der Waals surface area contributed by atoms with E-state index in [1.54, 1.807) is 45.0 Å². The van der Waals surface area contributed by atoms with Crippen LogP contribution in [0, 0.1) is 5.92 Å². The van der Waals surface area contributed by atoms with Crippen LogP contribution in [0.15, 0.2) is 24.3 Å². The van der Waals surface area contributed by atoms with E-state index in [4.69, 9.17) is 16.3 Å². The summed E-state index contributed by atoms with van der Waals surface area (Å²) in [5.41, 5.74) is -0.0660. The largest absolute Gasteiger partial charge is 0.444 e. The lowest BCUT2D eigenvalue weighted by Crippen LogP contribution is -2.48. The summed E-state index contributed by atoms with van der Waals surface area (Å²) in [6.07, 6.45) is 0.787. The zero-order valence-corrected chi connectivity index (χ0v) is 15.3. The Morgan fingerprint density at radius 2 is 2.08 bits per heavy atom. The molecule has 1 aromatic carbocycles. The van der Waals surface area contributed by atoms with E-state index in [0.29, 0.717) is 17.0 Å². The molecule has 2 aliphatic rings. The molecule has 1 aromatic rings.